The first kappa shape index (κ1) is 15.8. The van der Waals surface area contributed by atoms with Crippen LogP contribution in [-0.4, -0.2) is 43.6 Å². The van der Waals surface area contributed by atoms with E-state index >= 15 is 0 Å². The number of nitrogens with one attached hydrogen (secondary N) is 1. The Kier molecular flexibility index (Phi) is 6.29. The maximum Gasteiger partial charge on any atom is 0.120 e. The molecule has 1 saturated heterocycles. The molecule has 0 aromatic heterocycles. The van der Waals surface area contributed by atoms with Gasteiger partial charge in [0.2, 0.25) is 0 Å². The lowest BCUT2D eigenvalue weighted by molar-refractivity contribution is 0.100. The van der Waals surface area contributed by atoms with E-state index in [4.69, 9.17) is 9.47 Å². The smallest absolute Gasteiger partial charge is 0.120 e. The Hall–Kier alpha value is -0.620. The molecule has 1 aliphatic rings. The molecule has 0 spiro atoms. The lowest BCUT2D eigenvalue weighted by Gasteiger charge is -2.21. The number of rotatable bonds is 7. The van der Waals surface area contributed by atoms with E-state index < -0.39 is 6.10 Å². The minimum Gasteiger partial charge on any atom is -0.491 e. The topological polar surface area (TPSA) is 50.7 Å². The molecule has 1 aromatic carbocycles. The zero-order chi connectivity index (χ0) is 14.4. The minimum absolute atomic E-state index is 0.289. The standard InChI is InChI=1S/C15H22BrNO3/c1-11(12-5-6-19-9-12)17-8-14(18)10-20-15-4-2-3-13(16)7-15/h2-4,7,11-12,14,17-18H,5-6,8-10H2,1H3. The van der Waals surface area contributed by atoms with Crippen molar-refractivity contribution in [2.45, 2.75) is 25.5 Å². The van der Waals surface area contributed by atoms with E-state index in [1.54, 1.807) is 0 Å². The first-order valence-electron chi connectivity index (χ1n) is 7.02. The zero-order valence-electron chi connectivity index (χ0n) is 11.7. The zero-order valence-corrected chi connectivity index (χ0v) is 13.3. The molecule has 4 nitrogen and oxygen atoms in total. The summed E-state index contributed by atoms with van der Waals surface area (Å²) in [5.41, 5.74) is 0. The predicted octanol–water partition coefficient (Wildman–Crippen LogP) is 2.20. The van der Waals surface area contributed by atoms with Gasteiger partial charge in [-0.1, -0.05) is 22.0 Å². The van der Waals surface area contributed by atoms with Gasteiger partial charge in [-0.15, -0.1) is 0 Å². The van der Waals surface area contributed by atoms with Crippen LogP contribution in [0.25, 0.3) is 0 Å². The number of ether oxygens (including phenoxy) is 2. The van der Waals surface area contributed by atoms with Crippen LogP contribution in [0.1, 0.15) is 13.3 Å². The summed E-state index contributed by atoms with van der Waals surface area (Å²) >= 11 is 3.39. The Morgan fingerprint density at radius 2 is 2.40 bits per heavy atom. The average Bonchev–Trinajstić information content (AvgIpc) is 2.97. The van der Waals surface area contributed by atoms with Crippen molar-refractivity contribution < 1.29 is 14.6 Å². The SMILES string of the molecule is CC(NCC(O)COc1cccc(Br)c1)C1CCOC1. The fourth-order valence-electron chi connectivity index (χ4n) is 2.24. The van der Waals surface area contributed by atoms with Crippen LogP contribution in [0, 0.1) is 5.92 Å². The molecule has 0 saturated carbocycles. The molecule has 2 rings (SSSR count). The predicted molar refractivity (Wildman–Crippen MR) is 82.0 cm³/mol. The van der Waals surface area contributed by atoms with Gasteiger partial charge in [-0.2, -0.15) is 0 Å². The summed E-state index contributed by atoms with van der Waals surface area (Å²) in [5.74, 6) is 1.31. The van der Waals surface area contributed by atoms with Crippen LogP contribution in [0.5, 0.6) is 5.75 Å². The Morgan fingerprint density at radius 3 is 3.10 bits per heavy atom. The van der Waals surface area contributed by atoms with Crippen molar-refractivity contribution in [2.24, 2.45) is 5.92 Å². The fraction of sp³-hybridized carbons (Fsp3) is 0.600. The molecule has 3 atom stereocenters. The van der Waals surface area contributed by atoms with E-state index in [0.717, 1.165) is 29.9 Å². The molecule has 3 unspecified atom stereocenters. The molecular formula is C15H22BrNO3. The van der Waals surface area contributed by atoms with Crippen LogP contribution in [0.15, 0.2) is 28.7 Å². The largest absolute Gasteiger partial charge is 0.491 e. The summed E-state index contributed by atoms with van der Waals surface area (Å²) in [6.07, 6.45) is 0.581. The Morgan fingerprint density at radius 1 is 1.55 bits per heavy atom. The van der Waals surface area contributed by atoms with Gasteiger partial charge in [0.25, 0.3) is 0 Å². The monoisotopic (exact) mass is 343 g/mol. The van der Waals surface area contributed by atoms with Crippen LogP contribution < -0.4 is 10.1 Å². The summed E-state index contributed by atoms with van der Waals surface area (Å²) < 4.78 is 11.9. The molecular weight excluding hydrogens is 322 g/mol. The molecule has 5 heteroatoms. The van der Waals surface area contributed by atoms with E-state index in [9.17, 15) is 5.11 Å². The molecule has 1 heterocycles. The highest BCUT2D eigenvalue weighted by molar-refractivity contribution is 9.10. The van der Waals surface area contributed by atoms with Crippen molar-refractivity contribution in [1.29, 1.82) is 0 Å². The second kappa shape index (κ2) is 7.98. The summed E-state index contributed by atoms with van der Waals surface area (Å²) in [4.78, 5) is 0. The number of benzene rings is 1. The van der Waals surface area contributed by atoms with Crippen LogP contribution in [0.2, 0.25) is 0 Å². The van der Waals surface area contributed by atoms with Crippen molar-refractivity contribution in [1.82, 2.24) is 5.32 Å². The first-order valence-corrected chi connectivity index (χ1v) is 7.82. The summed E-state index contributed by atoms with van der Waals surface area (Å²) in [7, 11) is 0. The van der Waals surface area contributed by atoms with Crippen LogP contribution in [0.4, 0.5) is 0 Å². The highest BCUT2D eigenvalue weighted by atomic mass is 79.9. The molecule has 0 aliphatic carbocycles. The van der Waals surface area contributed by atoms with Crippen molar-refractivity contribution >= 4 is 15.9 Å². The van der Waals surface area contributed by atoms with Crippen molar-refractivity contribution in [3.8, 4) is 5.75 Å². The normalized spacial score (nSPS) is 21.6. The van der Waals surface area contributed by atoms with Gasteiger partial charge in [0.05, 0.1) is 6.61 Å². The minimum atomic E-state index is -0.515. The highest BCUT2D eigenvalue weighted by Gasteiger charge is 2.22. The maximum atomic E-state index is 9.94. The number of halogens is 1. The summed E-state index contributed by atoms with van der Waals surface area (Å²) in [6.45, 7) is 4.63. The third-order valence-corrected chi connectivity index (χ3v) is 4.08. The first-order chi connectivity index (χ1) is 9.65. The quantitative estimate of drug-likeness (QED) is 0.796. The molecule has 1 fully saturated rings. The molecule has 112 valence electrons. The van der Waals surface area contributed by atoms with Gasteiger partial charge >= 0.3 is 0 Å². The number of aliphatic hydroxyl groups excluding tert-OH is 1. The second-order valence-electron chi connectivity index (χ2n) is 5.24. The number of hydrogen-bond donors (Lipinski definition) is 2. The molecule has 0 radical (unpaired) electrons. The fourth-order valence-corrected chi connectivity index (χ4v) is 2.62. The van der Waals surface area contributed by atoms with Crippen molar-refractivity contribution in [3.63, 3.8) is 0 Å². The van der Waals surface area contributed by atoms with Crippen LogP contribution >= 0.6 is 15.9 Å². The van der Waals surface area contributed by atoms with Crippen LogP contribution in [0.3, 0.4) is 0 Å². The van der Waals surface area contributed by atoms with E-state index in [1.807, 2.05) is 24.3 Å². The van der Waals surface area contributed by atoms with Gasteiger partial charge in [0.1, 0.15) is 18.5 Å². The number of aliphatic hydroxyl groups is 1. The van der Waals surface area contributed by atoms with E-state index in [-0.39, 0.29) is 6.61 Å². The molecule has 0 bridgehead atoms. The van der Waals surface area contributed by atoms with Gasteiger partial charge < -0.3 is 19.9 Å². The molecule has 1 aliphatic heterocycles. The van der Waals surface area contributed by atoms with E-state index in [2.05, 4.69) is 28.2 Å². The van der Waals surface area contributed by atoms with Gasteiger partial charge in [-0.25, -0.2) is 0 Å². The summed E-state index contributed by atoms with van der Waals surface area (Å²) in [5, 5.41) is 13.3. The lowest BCUT2D eigenvalue weighted by atomic mass is 10.0. The van der Waals surface area contributed by atoms with Crippen LogP contribution in [-0.2, 0) is 4.74 Å². The molecule has 1 aromatic rings. The molecule has 0 amide bonds. The Labute approximate surface area is 128 Å². The van der Waals surface area contributed by atoms with Gasteiger partial charge in [-0.05, 0) is 37.5 Å². The molecule has 2 N–H and O–H groups in total. The van der Waals surface area contributed by atoms with E-state index in [1.165, 1.54) is 0 Å². The Balaban J connectivity index is 1.66. The molecule has 20 heavy (non-hydrogen) atoms. The Bertz CT molecular complexity index is 410. The van der Waals surface area contributed by atoms with Gasteiger partial charge in [0.15, 0.2) is 0 Å². The van der Waals surface area contributed by atoms with E-state index in [0.29, 0.717) is 18.5 Å². The third kappa shape index (κ3) is 5.05. The highest BCUT2D eigenvalue weighted by Crippen LogP contribution is 2.18. The van der Waals surface area contributed by atoms with Crippen molar-refractivity contribution in [2.75, 3.05) is 26.4 Å². The summed E-state index contributed by atoms with van der Waals surface area (Å²) in [6, 6.07) is 7.97. The van der Waals surface area contributed by atoms with Gasteiger partial charge in [-0.3, -0.25) is 0 Å². The second-order valence-corrected chi connectivity index (χ2v) is 6.16. The third-order valence-electron chi connectivity index (χ3n) is 3.59. The number of hydrogen-bond acceptors (Lipinski definition) is 4. The van der Waals surface area contributed by atoms with Gasteiger partial charge in [0, 0.05) is 23.7 Å². The lowest BCUT2D eigenvalue weighted by Crippen LogP contribution is -2.40. The average molecular weight is 344 g/mol. The van der Waals surface area contributed by atoms with Crippen molar-refractivity contribution in [3.05, 3.63) is 28.7 Å². The maximum absolute atomic E-state index is 9.94.